The van der Waals surface area contributed by atoms with Gasteiger partial charge in [-0.2, -0.15) is 5.10 Å². The lowest BCUT2D eigenvalue weighted by molar-refractivity contribution is 0.0955. The van der Waals surface area contributed by atoms with Crippen LogP contribution < -0.4 is 15.5 Å². The Morgan fingerprint density at radius 1 is 0.878 bits per heavy atom. The fourth-order valence-electron chi connectivity index (χ4n) is 3.65. The molecule has 0 aliphatic carbocycles. The number of rotatable bonds is 9. The average Bonchev–Trinajstić information content (AvgIpc) is 3.43. The number of hydrogen-bond donors (Lipinski definition) is 2. The van der Waals surface area contributed by atoms with Crippen LogP contribution in [0.3, 0.4) is 0 Å². The Labute approximate surface area is 260 Å². The van der Waals surface area contributed by atoms with Crippen molar-refractivity contribution in [3.8, 4) is 17.0 Å². The topological polar surface area (TPSA) is 75.6 Å². The lowest BCUT2D eigenvalue weighted by Gasteiger charge is -2.10. The van der Waals surface area contributed by atoms with Gasteiger partial charge in [0.25, 0.3) is 5.91 Å². The average molecular weight is 642 g/mol. The van der Waals surface area contributed by atoms with Crippen molar-refractivity contribution in [1.82, 2.24) is 10.4 Å². The number of carbonyl (C=O) groups is 1. The number of anilines is 2. The molecule has 0 unspecified atom stereocenters. The summed E-state index contributed by atoms with van der Waals surface area (Å²) in [5, 5.41) is 12.2. The predicted molar refractivity (Wildman–Crippen MR) is 170 cm³/mol. The van der Waals surface area contributed by atoms with E-state index in [1.807, 2.05) is 41.8 Å². The highest BCUT2D eigenvalue weighted by molar-refractivity contribution is 7.14. The zero-order valence-corrected chi connectivity index (χ0v) is 24.9. The second kappa shape index (κ2) is 13.4. The first-order valence-corrected chi connectivity index (χ1v) is 14.5. The van der Waals surface area contributed by atoms with Crippen LogP contribution in [0.5, 0.6) is 5.75 Å². The molecular weight excluding hydrogens is 622 g/mol. The molecule has 0 radical (unpaired) electrons. The van der Waals surface area contributed by atoms with Crippen LogP contribution in [0.4, 0.5) is 10.8 Å². The summed E-state index contributed by atoms with van der Waals surface area (Å²) in [5.74, 6) is 0.147. The molecule has 5 aromatic rings. The summed E-state index contributed by atoms with van der Waals surface area (Å²) in [6.45, 7) is 0.238. The van der Waals surface area contributed by atoms with Crippen LogP contribution in [-0.4, -0.2) is 17.1 Å². The summed E-state index contributed by atoms with van der Waals surface area (Å²) < 4.78 is 5.79. The quantitative estimate of drug-likeness (QED) is 0.124. The first-order valence-electron chi connectivity index (χ1n) is 12.1. The van der Waals surface area contributed by atoms with Crippen LogP contribution in [0, 0.1) is 0 Å². The van der Waals surface area contributed by atoms with Gasteiger partial charge in [-0.15, -0.1) is 11.3 Å². The van der Waals surface area contributed by atoms with E-state index >= 15 is 0 Å². The molecule has 0 saturated carbocycles. The number of ether oxygens (including phenoxy) is 1. The van der Waals surface area contributed by atoms with Gasteiger partial charge in [0.2, 0.25) is 0 Å². The summed E-state index contributed by atoms with van der Waals surface area (Å²) in [5.41, 5.74) is 7.06. The van der Waals surface area contributed by atoms with Gasteiger partial charge in [0.05, 0.1) is 16.9 Å². The molecule has 0 bridgehead atoms. The zero-order valence-electron chi connectivity index (χ0n) is 21.1. The van der Waals surface area contributed by atoms with Crippen molar-refractivity contribution in [2.45, 2.75) is 6.61 Å². The Morgan fingerprint density at radius 2 is 1.63 bits per heavy atom. The van der Waals surface area contributed by atoms with Crippen molar-refractivity contribution in [2.75, 3.05) is 5.32 Å². The third-order valence-electron chi connectivity index (χ3n) is 5.78. The molecule has 2 N–H and O–H groups in total. The number of halogens is 4. The smallest absolute Gasteiger partial charge is 0.271 e. The standard InChI is InChI=1S/C30H20Cl4N4O2S/c31-22-8-10-24(11-9-22)36-30-37-27(17-41-30)19-2-4-20(5-3-19)29(39)38-35-15-18-1-12-28(26(34)13-18)40-16-21-6-7-23(32)14-25(21)33/h1-15,17H,16H2,(H,36,37)(H,38,39)/b35-15-. The van der Waals surface area contributed by atoms with E-state index in [0.29, 0.717) is 37.0 Å². The van der Waals surface area contributed by atoms with Crippen LogP contribution in [0.15, 0.2) is 95.4 Å². The molecule has 0 atom stereocenters. The van der Waals surface area contributed by atoms with Crippen molar-refractivity contribution < 1.29 is 9.53 Å². The maximum Gasteiger partial charge on any atom is 0.271 e. The monoisotopic (exact) mass is 640 g/mol. The molecule has 206 valence electrons. The van der Waals surface area contributed by atoms with E-state index < -0.39 is 0 Å². The van der Waals surface area contributed by atoms with Gasteiger partial charge < -0.3 is 10.1 Å². The molecule has 1 aromatic heterocycles. The van der Waals surface area contributed by atoms with Crippen molar-refractivity contribution in [1.29, 1.82) is 0 Å². The summed E-state index contributed by atoms with van der Waals surface area (Å²) in [7, 11) is 0. The minimum absolute atomic E-state index is 0.238. The minimum atomic E-state index is -0.345. The van der Waals surface area contributed by atoms with Crippen LogP contribution in [-0.2, 0) is 6.61 Å². The molecule has 4 aromatic carbocycles. The van der Waals surface area contributed by atoms with Gasteiger partial charge in [0.1, 0.15) is 12.4 Å². The fourth-order valence-corrected chi connectivity index (χ4v) is 5.22. The van der Waals surface area contributed by atoms with Crippen molar-refractivity contribution >= 4 is 80.7 Å². The number of nitrogens with zero attached hydrogens (tertiary/aromatic N) is 2. The third kappa shape index (κ3) is 7.79. The van der Waals surface area contributed by atoms with E-state index in [0.717, 1.165) is 27.6 Å². The van der Waals surface area contributed by atoms with Gasteiger partial charge >= 0.3 is 0 Å². The number of aromatic nitrogens is 1. The van der Waals surface area contributed by atoms with Crippen molar-refractivity contribution in [3.05, 3.63) is 127 Å². The molecule has 0 aliphatic rings. The minimum Gasteiger partial charge on any atom is -0.487 e. The first kappa shape index (κ1) is 28.9. The Hall–Kier alpha value is -3.59. The zero-order chi connectivity index (χ0) is 28.8. The van der Waals surface area contributed by atoms with Gasteiger partial charge in [-0.25, -0.2) is 10.4 Å². The maximum atomic E-state index is 12.6. The number of thiazole rings is 1. The van der Waals surface area contributed by atoms with Gasteiger partial charge in [0, 0.05) is 42.8 Å². The molecule has 41 heavy (non-hydrogen) atoms. The lowest BCUT2D eigenvalue weighted by Crippen LogP contribution is -2.17. The van der Waals surface area contributed by atoms with Crippen LogP contribution in [0.1, 0.15) is 21.5 Å². The summed E-state index contributed by atoms with van der Waals surface area (Å²) >= 11 is 25.9. The van der Waals surface area contributed by atoms with E-state index in [1.165, 1.54) is 17.6 Å². The normalized spacial score (nSPS) is 11.0. The number of hydrogen-bond acceptors (Lipinski definition) is 6. The number of nitrogens with one attached hydrogen (secondary N) is 2. The van der Waals surface area contributed by atoms with E-state index in [4.69, 9.17) is 51.1 Å². The summed E-state index contributed by atoms with van der Waals surface area (Å²) in [6, 6.07) is 24.9. The van der Waals surface area contributed by atoms with E-state index in [-0.39, 0.29) is 12.5 Å². The largest absolute Gasteiger partial charge is 0.487 e. The maximum absolute atomic E-state index is 12.6. The van der Waals surface area contributed by atoms with E-state index in [1.54, 1.807) is 48.5 Å². The Bertz CT molecular complexity index is 1710. The molecule has 6 nitrogen and oxygen atoms in total. The molecule has 1 heterocycles. The predicted octanol–water partition coefficient (Wildman–Crippen LogP) is 9.51. The Morgan fingerprint density at radius 3 is 2.37 bits per heavy atom. The Balaban J connectivity index is 1.14. The highest BCUT2D eigenvalue weighted by atomic mass is 35.5. The molecule has 0 aliphatic heterocycles. The van der Waals surface area contributed by atoms with Crippen LogP contribution in [0.25, 0.3) is 11.3 Å². The highest BCUT2D eigenvalue weighted by Crippen LogP contribution is 2.29. The van der Waals surface area contributed by atoms with Crippen molar-refractivity contribution in [3.63, 3.8) is 0 Å². The molecule has 0 spiro atoms. The number of amides is 1. The van der Waals surface area contributed by atoms with Crippen LogP contribution >= 0.6 is 57.7 Å². The number of carbonyl (C=O) groups excluding carboxylic acids is 1. The number of hydrazone groups is 1. The second-order valence-electron chi connectivity index (χ2n) is 8.66. The molecule has 1 amide bonds. The second-order valence-corrected chi connectivity index (χ2v) is 11.2. The molecule has 0 saturated heterocycles. The molecule has 0 fully saturated rings. The Kier molecular flexibility index (Phi) is 9.44. The highest BCUT2D eigenvalue weighted by Gasteiger charge is 2.09. The number of benzene rings is 4. The van der Waals surface area contributed by atoms with E-state index in [2.05, 4.69) is 20.8 Å². The van der Waals surface area contributed by atoms with E-state index in [9.17, 15) is 4.79 Å². The SMILES string of the molecule is O=C(N/N=C\c1ccc(OCc2ccc(Cl)cc2Cl)c(Cl)c1)c1ccc(-c2csc(Nc3ccc(Cl)cc3)n2)cc1. The lowest BCUT2D eigenvalue weighted by atomic mass is 10.1. The van der Waals surface area contributed by atoms with Gasteiger partial charge in [0.15, 0.2) is 5.13 Å². The first-order chi connectivity index (χ1) is 19.8. The van der Waals surface area contributed by atoms with Crippen molar-refractivity contribution in [2.24, 2.45) is 5.10 Å². The fraction of sp³-hybridized carbons (Fsp3) is 0.0333. The molecule has 11 heteroatoms. The molecular formula is C30H20Cl4N4O2S. The van der Waals surface area contributed by atoms with Gasteiger partial charge in [-0.05, 0) is 72.3 Å². The summed E-state index contributed by atoms with van der Waals surface area (Å²) in [4.78, 5) is 17.2. The van der Waals surface area contributed by atoms with Gasteiger partial charge in [-0.1, -0.05) is 64.6 Å². The third-order valence-corrected chi connectivity index (χ3v) is 7.67. The van der Waals surface area contributed by atoms with Crippen LogP contribution in [0.2, 0.25) is 20.1 Å². The van der Waals surface area contributed by atoms with Gasteiger partial charge in [-0.3, -0.25) is 4.79 Å². The summed E-state index contributed by atoms with van der Waals surface area (Å²) in [6.07, 6.45) is 1.50. The molecule has 5 rings (SSSR count).